The highest BCUT2D eigenvalue weighted by Crippen LogP contribution is 2.23. The van der Waals surface area contributed by atoms with E-state index in [-0.39, 0.29) is 12.5 Å². The highest BCUT2D eigenvalue weighted by Gasteiger charge is 2.30. The SMILES string of the molecule is Cc1n[nH]c(C)c1C(NC(=O)CN1[C@H](C)CCC[C@@H]1C)C(=O)O. The zero-order valence-corrected chi connectivity index (χ0v) is 14.2. The topological polar surface area (TPSA) is 98.3 Å². The fourth-order valence-electron chi connectivity index (χ4n) is 3.40. The van der Waals surface area contributed by atoms with Crippen molar-refractivity contribution in [2.75, 3.05) is 6.54 Å². The van der Waals surface area contributed by atoms with Crippen molar-refractivity contribution in [1.29, 1.82) is 0 Å². The van der Waals surface area contributed by atoms with Crippen LogP contribution in [0.2, 0.25) is 0 Å². The zero-order chi connectivity index (χ0) is 17.1. The van der Waals surface area contributed by atoms with Gasteiger partial charge in [-0.1, -0.05) is 6.42 Å². The molecule has 0 radical (unpaired) electrons. The molecule has 7 heteroatoms. The summed E-state index contributed by atoms with van der Waals surface area (Å²) in [7, 11) is 0. The number of aliphatic carboxylic acids is 1. The monoisotopic (exact) mass is 322 g/mol. The third-order valence-electron chi connectivity index (χ3n) is 4.73. The van der Waals surface area contributed by atoms with Gasteiger partial charge in [0.05, 0.1) is 12.2 Å². The lowest BCUT2D eigenvalue weighted by atomic mass is 9.97. The lowest BCUT2D eigenvalue weighted by Gasteiger charge is -2.38. The predicted octanol–water partition coefficient (Wildman–Crippen LogP) is 1.53. The Morgan fingerprint density at radius 3 is 2.43 bits per heavy atom. The molecule has 7 nitrogen and oxygen atoms in total. The van der Waals surface area contributed by atoms with Gasteiger partial charge in [0.15, 0.2) is 6.04 Å². The summed E-state index contributed by atoms with van der Waals surface area (Å²) < 4.78 is 0. The number of aryl methyl sites for hydroxylation is 2. The fourth-order valence-corrected chi connectivity index (χ4v) is 3.40. The number of carboxylic acid groups (broad SMARTS) is 1. The molecule has 0 bridgehead atoms. The van der Waals surface area contributed by atoms with Gasteiger partial charge < -0.3 is 10.4 Å². The first-order valence-electron chi connectivity index (χ1n) is 8.10. The molecule has 0 saturated carbocycles. The summed E-state index contributed by atoms with van der Waals surface area (Å²) in [5.74, 6) is -1.34. The number of carbonyl (C=O) groups excluding carboxylic acids is 1. The maximum Gasteiger partial charge on any atom is 0.331 e. The molecule has 0 spiro atoms. The molecule has 128 valence electrons. The first kappa shape index (κ1) is 17.5. The summed E-state index contributed by atoms with van der Waals surface area (Å²) in [4.78, 5) is 26.1. The minimum absolute atomic E-state index is 0.224. The van der Waals surface area contributed by atoms with Crippen LogP contribution in [0.5, 0.6) is 0 Å². The van der Waals surface area contributed by atoms with Crippen LogP contribution in [-0.4, -0.2) is 50.7 Å². The van der Waals surface area contributed by atoms with E-state index in [1.54, 1.807) is 13.8 Å². The Bertz CT molecular complexity index is 554. The maximum absolute atomic E-state index is 12.4. The Labute approximate surface area is 136 Å². The number of rotatable bonds is 5. The van der Waals surface area contributed by atoms with E-state index in [9.17, 15) is 14.7 Å². The van der Waals surface area contributed by atoms with Gasteiger partial charge in [-0.15, -0.1) is 0 Å². The molecule has 2 heterocycles. The molecule has 2 rings (SSSR count). The number of piperidine rings is 1. The summed E-state index contributed by atoms with van der Waals surface area (Å²) in [5, 5.41) is 18.9. The van der Waals surface area contributed by atoms with E-state index in [1.165, 1.54) is 6.42 Å². The summed E-state index contributed by atoms with van der Waals surface area (Å²) in [6.45, 7) is 7.94. The van der Waals surface area contributed by atoms with Crippen LogP contribution in [0.15, 0.2) is 0 Å². The molecular formula is C16H26N4O3. The van der Waals surface area contributed by atoms with Gasteiger partial charge in [0.2, 0.25) is 5.91 Å². The number of nitrogens with one attached hydrogen (secondary N) is 2. The molecule has 3 atom stereocenters. The summed E-state index contributed by atoms with van der Waals surface area (Å²) in [6, 6.07) is -0.396. The minimum atomic E-state index is -1.08. The molecule has 1 aliphatic rings. The van der Waals surface area contributed by atoms with Crippen molar-refractivity contribution < 1.29 is 14.7 Å². The van der Waals surface area contributed by atoms with Gasteiger partial charge in [-0.2, -0.15) is 5.10 Å². The standard InChI is InChI=1S/C16H26N4O3/c1-9-6-5-7-10(2)20(9)8-13(21)17-15(16(22)23)14-11(3)18-19-12(14)4/h9-10,15H,5-8H2,1-4H3,(H,17,21)(H,18,19)(H,22,23)/t9-,10+,15?. The fraction of sp³-hybridized carbons (Fsp3) is 0.688. The number of hydrogen-bond acceptors (Lipinski definition) is 4. The molecule has 1 aromatic rings. The lowest BCUT2D eigenvalue weighted by Crippen LogP contribution is -2.49. The summed E-state index contributed by atoms with van der Waals surface area (Å²) in [5.41, 5.74) is 1.79. The van der Waals surface area contributed by atoms with Crippen molar-refractivity contribution in [3.05, 3.63) is 17.0 Å². The Morgan fingerprint density at radius 2 is 1.96 bits per heavy atom. The maximum atomic E-state index is 12.4. The molecule has 1 aromatic heterocycles. The predicted molar refractivity (Wildman–Crippen MR) is 86.1 cm³/mol. The van der Waals surface area contributed by atoms with Crippen molar-refractivity contribution in [3.63, 3.8) is 0 Å². The smallest absolute Gasteiger partial charge is 0.331 e. The van der Waals surface area contributed by atoms with E-state index < -0.39 is 12.0 Å². The number of aromatic amines is 1. The van der Waals surface area contributed by atoms with Crippen molar-refractivity contribution in [2.45, 2.75) is 65.1 Å². The second kappa shape index (κ2) is 7.12. The number of carbonyl (C=O) groups is 2. The Hall–Kier alpha value is -1.89. The van der Waals surface area contributed by atoms with Gasteiger partial charge in [-0.25, -0.2) is 4.79 Å². The number of carboxylic acids is 1. The third-order valence-corrected chi connectivity index (χ3v) is 4.73. The first-order chi connectivity index (χ1) is 10.8. The lowest BCUT2D eigenvalue weighted by molar-refractivity contribution is -0.142. The molecule has 1 fully saturated rings. The molecule has 1 saturated heterocycles. The first-order valence-corrected chi connectivity index (χ1v) is 8.10. The van der Waals surface area contributed by atoms with E-state index in [1.807, 2.05) is 0 Å². The van der Waals surface area contributed by atoms with Crippen molar-refractivity contribution in [2.24, 2.45) is 0 Å². The van der Waals surface area contributed by atoms with Crippen LogP contribution in [0.25, 0.3) is 0 Å². The molecule has 1 aliphatic heterocycles. The average molecular weight is 322 g/mol. The van der Waals surface area contributed by atoms with Crippen LogP contribution >= 0.6 is 0 Å². The van der Waals surface area contributed by atoms with Crippen molar-refractivity contribution in [3.8, 4) is 0 Å². The Morgan fingerprint density at radius 1 is 1.35 bits per heavy atom. The minimum Gasteiger partial charge on any atom is -0.479 e. The Kier molecular flexibility index (Phi) is 5.41. The Balaban J connectivity index is 2.08. The largest absolute Gasteiger partial charge is 0.479 e. The van der Waals surface area contributed by atoms with E-state index in [2.05, 4.69) is 34.3 Å². The van der Waals surface area contributed by atoms with Gasteiger partial charge in [-0.3, -0.25) is 14.8 Å². The third kappa shape index (κ3) is 3.90. The van der Waals surface area contributed by atoms with Crippen LogP contribution in [0.3, 0.4) is 0 Å². The number of H-pyrrole nitrogens is 1. The molecule has 1 unspecified atom stereocenters. The normalized spacial score (nSPS) is 23.5. The van der Waals surface area contributed by atoms with E-state index in [0.29, 0.717) is 29.0 Å². The van der Waals surface area contributed by atoms with Crippen LogP contribution in [0.4, 0.5) is 0 Å². The van der Waals surface area contributed by atoms with E-state index in [0.717, 1.165) is 12.8 Å². The van der Waals surface area contributed by atoms with Gasteiger partial charge in [0.25, 0.3) is 0 Å². The van der Waals surface area contributed by atoms with Crippen LogP contribution < -0.4 is 5.32 Å². The summed E-state index contributed by atoms with van der Waals surface area (Å²) >= 11 is 0. The molecule has 0 aliphatic carbocycles. The van der Waals surface area contributed by atoms with E-state index in [4.69, 9.17) is 0 Å². The number of nitrogens with zero attached hydrogens (tertiary/aromatic N) is 2. The molecular weight excluding hydrogens is 296 g/mol. The highest BCUT2D eigenvalue weighted by molar-refractivity contribution is 5.86. The molecule has 1 amide bonds. The van der Waals surface area contributed by atoms with Crippen molar-refractivity contribution in [1.82, 2.24) is 20.4 Å². The molecule has 3 N–H and O–H groups in total. The number of likely N-dealkylation sites (tertiary alicyclic amines) is 1. The zero-order valence-electron chi connectivity index (χ0n) is 14.2. The van der Waals surface area contributed by atoms with Gasteiger partial charge >= 0.3 is 5.97 Å². The molecule has 23 heavy (non-hydrogen) atoms. The quantitative estimate of drug-likeness (QED) is 0.763. The van der Waals surface area contributed by atoms with Crippen molar-refractivity contribution >= 4 is 11.9 Å². The van der Waals surface area contributed by atoms with Gasteiger partial charge in [0.1, 0.15) is 0 Å². The number of hydrogen-bond donors (Lipinski definition) is 3. The second-order valence-corrected chi connectivity index (χ2v) is 6.49. The van der Waals surface area contributed by atoms with Crippen LogP contribution in [0.1, 0.15) is 56.1 Å². The van der Waals surface area contributed by atoms with Gasteiger partial charge in [0, 0.05) is 23.3 Å². The number of amides is 1. The van der Waals surface area contributed by atoms with Crippen LogP contribution in [-0.2, 0) is 9.59 Å². The van der Waals surface area contributed by atoms with Crippen LogP contribution in [0, 0.1) is 13.8 Å². The highest BCUT2D eigenvalue weighted by atomic mass is 16.4. The van der Waals surface area contributed by atoms with Gasteiger partial charge in [-0.05, 0) is 40.5 Å². The summed E-state index contributed by atoms with van der Waals surface area (Å²) in [6.07, 6.45) is 3.31. The number of aromatic nitrogens is 2. The average Bonchev–Trinajstić information content (AvgIpc) is 2.80. The van der Waals surface area contributed by atoms with E-state index >= 15 is 0 Å². The second-order valence-electron chi connectivity index (χ2n) is 6.49. The molecule has 0 aromatic carbocycles.